The van der Waals surface area contributed by atoms with Crippen molar-refractivity contribution in [2.24, 2.45) is 0 Å². The van der Waals surface area contributed by atoms with Crippen LogP contribution in [0.5, 0.6) is 0 Å². The molecular weight excluding hydrogens is 540 g/mol. The summed E-state index contributed by atoms with van der Waals surface area (Å²) >= 11 is 0. The van der Waals surface area contributed by atoms with Crippen molar-refractivity contribution in [1.29, 1.82) is 0 Å². The van der Waals surface area contributed by atoms with Gasteiger partial charge in [-0.1, -0.05) is 105 Å². The molecule has 0 N–H and O–H groups in total. The monoisotopic (exact) mass is 615 g/mol. The highest BCUT2D eigenvalue weighted by atomic mass is 14.0. The molecule has 0 saturated heterocycles. The van der Waals surface area contributed by atoms with E-state index in [0.717, 1.165) is 0 Å². The van der Waals surface area contributed by atoms with Gasteiger partial charge in [0.25, 0.3) is 0 Å². The number of rotatable bonds is 24. The number of allylic oxidation sites excluding steroid dienone is 18. The summed E-state index contributed by atoms with van der Waals surface area (Å²) in [5.41, 5.74) is 13.6. The second-order valence-electron chi connectivity index (χ2n) is 14.1. The highest BCUT2D eigenvalue weighted by molar-refractivity contribution is 5.10. The van der Waals surface area contributed by atoms with Crippen molar-refractivity contribution in [2.45, 2.75) is 179 Å². The van der Waals surface area contributed by atoms with E-state index in [1.807, 2.05) is 0 Å². The number of hydrogen-bond acceptors (Lipinski definition) is 0. The Balaban J connectivity index is 4.21. The molecule has 254 valence electrons. The number of hydrogen-bond donors (Lipinski definition) is 0. The maximum absolute atomic E-state index is 2.46. The zero-order chi connectivity index (χ0) is 33.9. The molecule has 0 rings (SSSR count). The Kier molecular flexibility index (Phi) is 26.5. The third-order valence-electron chi connectivity index (χ3n) is 8.80. The summed E-state index contributed by atoms with van der Waals surface area (Å²) in [7, 11) is 0. The fourth-order valence-electron chi connectivity index (χ4n) is 5.27. The predicted molar refractivity (Wildman–Crippen MR) is 209 cm³/mol. The molecule has 0 aromatic rings. The Labute approximate surface area is 283 Å². The topological polar surface area (TPSA) is 0 Å². The molecule has 0 bridgehead atoms. The molecule has 0 radical (unpaired) electrons. The summed E-state index contributed by atoms with van der Waals surface area (Å²) in [6.45, 7) is 24.8. The Morgan fingerprint density at radius 2 is 0.444 bits per heavy atom. The lowest BCUT2D eigenvalue weighted by molar-refractivity contribution is 0.880. The summed E-state index contributed by atoms with van der Waals surface area (Å²) in [4.78, 5) is 0. The van der Waals surface area contributed by atoms with Crippen molar-refractivity contribution < 1.29 is 0 Å². The molecule has 0 spiro atoms. The van der Waals surface area contributed by atoms with Crippen LogP contribution in [0, 0.1) is 0 Å². The van der Waals surface area contributed by atoms with E-state index < -0.39 is 0 Å². The first-order valence-electron chi connectivity index (χ1n) is 18.3. The zero-order valence-corrected chi connectivity index (χ0v) is 32.0. The molecule has 0 aliphatic heterocycles. The van der Waals surface area contributed by atoms with Crippen LogP contribution in [0.2, 0.25) is 0 Å². The van der Waals surface area contributed by atoms with Crippen molar-refractivity contribution in [3.63, 3.8) is 0 Å². The van der Waals surface area contributed by atoms with E-state index in [9.17, 15) is 0 Å². The molecule has 0 nitrogen and oxygen atoms in total. The van der Waals surface area contributed by atoms with Crippen LogP contribution in [0.25, 0.3) is 0 Å². The molecule has 0 heteroatoms. The average molecular weight is 615 g/mol. The van der Waals surface area contributed by atoms with Gasteiger partial charge < -0.3 is 0 Å². The lowest BCUT2D eigenvalue weighted by atomic mass is 10.0. The van der Waals surface area contributed by atoms with Crippen LogP contribution in [0.15, 0.2) is 105 Å². The van der Waals surface area contributed by atoms with E-state index in [1.165, 1.54) is 153 Å². The standard InChI is InChI=1S/C45H74/c1-12-38(4)22-14-24-40(6)26-16-28-42(8)30-18-32-44(10)34-20-36-45(11)35-19-33-43(9)31-17-29-41(7)27-15-25-39(5)23-13-21-37(2)3/h12,21,24-25,28-29,32-33,36H,13-20,22-23,26-27,30-31,34-35H2,1-11H3/b38-12+,39-25+,40-24+,41-29+,42-28+,43-33+,44-32+,45-36+. The maximum atomic E-state index is 2.46. The molecule has 0 aliphatic rings. The Morgan fingerprint density at radius 1 is 0.267 bits per heavy atom. The molecule has 0 aromatic heterocycles. The summed E-state index contributed by atoms with van der Waals surface area (Å²) in [6.07, 6.45) is 40.6. The molecule has 0 aromatic carbocycles. The first-order valence-corrected chi connectivity index (χ1v) is 18.3. The van der Waals surface area contributed by atoms with Gasteiger partial charge in [-0.3, -0.25) is 0 Å². The van der Waals surface area contributed by atoms with Gasteiger partial charge in [0, 0.05) is 0 Å². The van der Waals surface area contributed by atoms with E-state index in [1.54, 1.807) is 0 Å². The van der Waals surface area contributed by atoms with Gasteiger partial charge in [-0.05, 0) is 179 Å². The van der Waals surface area contributed by atoms with Gasteiger partial charge in [0.15, 0.2) is 0 Å². The first kappa shape index (κ1) is 42.7. The Morgan fingerprint density at radius 3 is 0.622 bits per heavy atom. The van der Waals surface area contributed by atoms with E-state index >= 15 is 0 Å². The quantitative estimate of drug-likeness (QED) is 0.0949. The SMILES string of the molecule is C/C=C(\C)CC/C=C(\C)CC/C=C(\C)CC/C=C(\C)CC/C=C(\C)CC/C=C(\C)CC/C=C(\C)CC/C=C(\C)CCC=C(C)C. The average Bonchev–Trinajstić information content (AvgIpc) is 2.96. The Hall–Kier alpha value is -2.34. The normalized spacial score (nSPS) is 14.8. The summed E-state index contributed by atoms with van der Waals surface area (Å²) in [5, 5.41) is 0. The van der Waals surface area contributed by atoms with E-state index in [2.05, 4.69) is 131 Å². The molecular formula is C45H74. The van der Waals surface area contributed by atoms with Gasteiger partial charge in [-0.2, -0.15) is 0 Å². The largest absolute Gasteiger partial charge is 0.0887 e. The van der Waals surface area contributed by atoms with E-state index in [0.29, 0.717) is 0 Å². The van der Waals surface area contributed by atoms with Crippen LogP contribution >= 0.6 is 0 Å². The maximum Gasteiger partial charge on any atom is -0.0288 e. The smallest absolute Gasteiger partial charge is 0.0288 e. The minimum absolute atomic E-state index is 1.17. The van der Waals surface area contributed by atoms with Crippen LogP contribution in [0.1, 0.15) is 179 Å². The van der Waals surface area contributed by atoms with Crippen molar-refractivity contribution in [3.8, 4) is 0 Å². The fourth-order valence-corrected chi connectivity index (χ4v) is 5.27. The van der Waals surface area contributed by atoms with E-state index in [4.69, 9.17) is 0 Å². The van der Waals surface area contributed by atoms with Crippen molar-refractivity contribution in [2.75, 3.05) is 0 Å². The molecule has 0 amide bonds. The lowest BCUT2D eigenvalue weighted by Crippen LogP contribution is -1.84. The molecule has 0 unspecified atom stereocenters. The van der Waals surface area contributed by atoms with Gasteiger partial charge in [0.05, 0.1) is 0 Å². The van der Waals surface area contributed by atoms with Gasteiger partial charge in [0.2, 0.25) is 0 Å². The summed E-state index contributed by atoms with van der Waals surface area (Å²) < 4.78 is 0. The molecule has 45 heavy (non-hydrogen) atoms. The van der Waals surface area contributed by atoms with Gasteiger partial charge in [-0.25, -0.2) is 0 Å². The van der Waals surface area contributed by atoms with Gasteiger partial charge in [0.1, 0.15) is 0 Å². The minimum Gasteiger partial charge on any atom is -0.0887 e. The third-order valence-corrected chi connectivity index (χ3v) is 8.80. The van der Waals surface area contributed by atoms with Crippen LogP contribution in [0.4, 0.5) is 0 Å². The molecule has 0 fully saturated rings. The van der Waals surface area contributed by atoms with Crippen LogP contribution in [0.3, 0.4) is 0 Å². The summed E-state index contributed by atoms with van der Waals surface area (Å²) in [5.74, 6) is 0. The lowest BCUT2D eigenvalue weighted by Gasteiger charge is -2.04. The van der Waals surface area contributed by atoms with Gasteiger partial charge >= 0.3 is 0 Å². The van der Waals surface area contributed by atoms with Crippen molar-refractivity contribution in [3.05, 3.63) is 105 Å². The molecule has 0 heterocycles. The van der Waals surface area contributed by atoms with Crippen LogP contribution < -0.4 is 0 Å². The minimum atomic E-state index is 1.17. The highest BCUT2D eigenvalue weighted by Crippen LogP contribution is 2.17. The fraction of sp³-hybridized carbons (Fsp3) is 0.600. The molecule has 0 atom stereocenters. The Bertz CT molecular complexity index is 1080. The predicted octanol–water partition coefficient (Wildman–Crippen LogP) is 15.8. The van der Waals surface area contributed by atoms with Crippen LogP contribution in [-0.4, -0.2) is 0 Å². The van der Waals surface area contributed by atoms with Gasteiger partial charge in [-0.15, -0.1) is 0 Å². The van der Waals surface area contributed by atoms with E-state index in [-0.39, 0.29) is 0 Å². The van der Waals surface area contributed by atoms with Crippen molar-refractivity contribution in [1.82, 2.24) is 0 Å². The second-order valence-corrected chi connectivity index (χ2v) is 14.1. The molecule has 0 aliphatic carbocycles. The second kappa shape index (κ2) is 27.9. The third kappa shape index (κ3) is 28.8. The van der Waals surface area contributed by atoms with Crippen LogP contribution in [-0.2, 0) is 0 Å². The highest BCUT2D eigenvalue weighted by Gasteiger charge is 1.97. The zero-order valence-electron chi connectivity index (χ0n) is 32.0. The first-order chi connectivity index (χ1) is 21.4. The summed E-state index contributed by atoms with van der Waals surface area (Å²) in [6, 6.07) is 0. The van der Waals surface area contributed by atoms with Crippen molar-refractivity contribution >= 4 is 0 Å². The molecule has 0 saturated carbocycles.